The molecule has 0 saturated carbocycles. The topological polar surface area (TPSA) is 130 Å². The highest BCUT2D eigenvalue weighted by Crippen LogP contribution is 2.32. The Bertz CT molecular complexity index is 1760. The average molecular weight is 492 g/mol. The summed E-state index contributed by atoms with van der Waals surface area (Å²) in [6.07, 6.45) is 11.2. The van der Waals surface area contributed by atoms with E-state index in [9.17, 15) is 4.79 Å². The molecule has 0 unspecified atom stereocenters. The molecule has 0 radical (unpaired) electrons. The lowest BCUT2D eigenvalue weighted by molar-refractivity contribution is -0.116. The molecule has 0 saturated heterocycles. The molecule has 0 aromatic carbocycles. The van der Waals surface area contributed by atoms with Crippen molar-refractivity contribution in [2.45, 2.75) is 27.2 Å². The lowest BCUT2D eigenvalue weighted by Crippen LogP contribution is -2.13. The third-order valence-corrected chi connectivity index (χ3v) is 6.12. The minimum absolute atomic E-state index is 0.0303. The van der Waals surface area contributed by atoms with Gasteiger partial charge in [-0.1, -0.05) is 13.8 Å². The number of hydrogen-bond donors (Lipinski definition) is 3. The number of H-pyrrole nitrogens is 2. The monoisotopic (exact) mass is 491 g/mol. The number of carbonyl (C=O) groups excluding carboxylic acids is 1. The van der Waals surface area contributed by atoms with Crippen molar-refractivity contribution in [3.8, 4) is 28.2 Å². The Labute approximate surface area is 212 Å². The van der Waals surface area contributed by atoms with Crippen molar-refractivity contribution < 1.29 is 4.79 Å². The van der Waals surface area contributed by atoms with E-state index < -0.39 is 0 Å². The molecule has 6 aromatic rings. The maximum Gasteiger partial charge on any atom is 0.224 e. The number of aromatic nitrogens is 8. The molecule has 3 N–H and O–H groups in total. The van der Waals surface area contributed by atoms with Crippen LogP contribution in [0.2, 0.25) is 0 Å². The number of imidazole rings is 1. The second-order valence-corrected chi connectivity index (χ2v) is 9.50. The predicted octanol–water partition coefficient (Wildman–Crippen LogP) is 5.04. The maximum absolute atomic E-state index is 12.2. The standard InChI is InChI=1S/C27H25N9O/c1-15(2)6-24(37)32-19-7-17(10-28-12-19)18-8-21-25(34-35-27(21)30-11-18)22-9-20-23(4-5-29-26(20)33-22)36-13-16(3)31-14-36/h4-5,7-15H,6H2,1-3H3,(H,29,33)(H,32,37)(H,30,34,35). The van der Waals surface area contributed by atoms with E-state index in [0.29, 0.717) is 17.8 Å². The van der Waals surface area contributed by atoms with Crippen molar-refractivity contribution in [1.29, 1.82) is 0 Å². The molecular formula is C27H25N9O. The van der Waals surface area contributed by atoms with Gasteiger partial charge in [-0.15, -0.1) is 0 Å². The molecule has 0 aliphatic heterocycles. The van der Waals surface area contributed by atoms with Crippen molar-refractivity contribution in [2.75, 3.05) is 5.32 Å². The zero-order chi connectivity index (χ0) is 25.5. The summed E-state index contributed by atoms with van der Waals surface area (Å²) in [6, 6.07) is 7.93. The minimum atomic E-state index is -0.0303. The number of rotatable bonds is 6. The van der Waals surface area contributed by atoms with Crippen LogP contribution < -0.4 is 5.32 Å². The van der Waals surface area contributed by atoms with Crippen molar-refractivity contribution >= 4 is 33.7 Å². The van der Waals surface area contributed by atoms with Crippen LogP contribution >= 0.6 is 0 Å². The smallest absolute Gasteiger partial charge is 0.224 e. The van der Waals surface area contributed by atoms with E-state index >= 15 is 0 Å². The minimum Gasteiger partial charge on any atom is -0.338 e. The summed E-state index contributed by atoms with van der Waals surface area (Å²) in [7, 11) is 0. The fraction of sp³-hybridized carbons (Fsp3) is 0.185. The highest BCUT2D eigenvalue weighted by atomic mass is 16.1. The lowest BCUT2D eigenvalue weighted by Gasteiger charge is -2.08. The Morgan fingerprint density at radius 1 is 1.03 bits per heavy atom. The summed E-state index contributed by atoms with van der Waals surface area (Å²) in [4.78, 5) is 33.4. The average Bonchev–Trinajstić information content (AvgIpc) is 3.60. The number of fused-ring (bicyclic) bond motifs is 2. The molecule has 37 heavy (non-hydrogen) atoms. The van der Waals surface area contributed by atoms with Crippen LogP contribution in [0.5, 0.6) is 0 Å². The van der Waals surface area contributed by atoms with E-state index in [-0.39, 0.29) is 11.8 Å². The molecule has 0 bridgehead atoms. The Kier molecular flexibility index (Phi) is 5.48. The predicted molar refractivity (Wildman–Crippen MR) is 142 cm³/mol. The first-order valence-corrected chi connectivity index (χ1v) is 12.0. The van der Waals surface area contributed by atoms with Gasteiger partial charge in [-0.3, -0.25) is 14.9 Å². The molecule has 0 aliphatic carbocycles. The largest absolute Gasteiger partial charge is 0.338 e. The van der Waals surface area contributed by atoms with Gasteiger partial charge in [-0.25, -0.2) is 15.0 Å². The Balaban J connectivity index is 1.38. The fourth-order valence-corrected chi connectivity index (χ4v) is 4.43. The van der Waals surface area contributed by atoms with E-state index in [1.165, 1.54) is 0 Å². The van der Waals surface area contributed by atoms with Gasteiger partial charge in [0.2, 0.25) is 5.91 Å². The van der Waals surface area contributed by atoms with Crippen LogP contribution in [0.3, 0.4) is 0 Å². The first-order valence-electron chi connectivity index (χ1n) is 12.0. The van der Waals surface area contributed by atoms with Crippen molar-refractivity contribution in [3.05, 3.63) is 67.3 Å². The van der Waals surface area contributed by atoms with Gasteiger partial charge in [0.05, 0.1) is 35.3 Å². The number of anilines is 1. The Hall–Kier alpha value is -4.86. The van der Waals surface area contributed by atoms with Gasteiger partial charge in [-0.05, 0) is 37.1 Å². The molecule has 0 aliphatic rings. The van der Waals surface area contributed by atoms with Gasteiger partial charge < -0.3 is 14.9 Å². The van der Waals surface area contributed by atoms with Crippen LogP contribution in [0, 0.1) is 12.8 Å². The molecule has 1 amide bonds. The normalized spacial score (nSPS) is 11.6. The van der Waals surface area contributed by atoms with Crippen LogP contribution in [-0.2, 0) is 4.79 Å². The molecule has 10 heteroatoms. The number of nitrogens with one attached hydrogen (secondary N) is 3. The fourth-order valence-electron chi connectivity index (χ4n) is 4.43. The van der Waals surface area contributed by atoms with Crippen molar-refractivity contribution in [1.82, 2.24) is 39.7 Å². The van der Waals surface area contributed by atoms with Gasteiger partial charge in [0.15, 0.2) is 5.65 Å². The molecule has 0 fully saturated rings. The zero-order valence-corrected chi connectivity index (χ0v) is 20.6. The number of hydrogen-bond acceptors (Lipinski definition) is 6. The highest BCUT2D eigenvalue weighted by Gasteiger charge is 2.16. The van der Waals surface area contributed by atoms with Gasteiger partial charge in [0, 0.05) is 53.1 Å². The van der Waals surface area contributed by atoms with E-state index in [2.05, 4.69) is 40.4 Å². The summed E-state index contributed by atoms with van der Waals surface area (Å²) >= 11 is 0. The molecule has 0 spiro atoms. The number of carbonyl (C=O) groups is 1. The van der Waals surface area contributed by atoms with Crippen molar-refractivity contribution in [3.63, 3.8) is 0 Å². The number of pyridine rings is 3. The summed E-state index contributed by atoms with van der Waals surface area (Å²) < 4.78 is 1.99. The quantitative estimate of drug-likeness (QED) is 0.299. The number of nitrogens with zero attached hydrogens (tertiary/aromatic N) is 6. The van der Waals surface area contributed by atoms with Gasteiger partial charge in [0.1, 0.15) is 11.3 Å². The summed E-state index contributed by atoms with van der Waals surface area (Å²) in [5.41, 5.74) is 7.28. The first kappa shape index (κ1) is 22.6. The molecule has 0 atom stereocenters. The number of aryl methyl sites for hydroxylation is 1. The molecule has 6 aromatic heterocycles. The van der Waals surface area contributed by atoms with Gasteiger partial charge in [-0.2, -0.15) is 5.10 Å². The second kappa shape index (κ2) is 8.98. The van der Waals surface area contributed by atoms with Crippen molar-refractivity contribution in [2.24, 2.45) is 5.92 Å². The van der Waals surface area contributed by atoms with E-state index in [4.69, 9.17) is 0 Å². The molecular weight excluding hydrogens is 466 g/mol. The zero-order valence-electron chi connectivity index (χ0n) is 20.6. The third-order valence-electron chi connectivity index (χ3n) is 6.12. The molecule has 10 nitrogen and oxygen atoms in total. The number of amides is 1. The number of aromatic amines is 2. The second-order valence-electron chi connectivity index (χ2n) is 9.50. The summed E-state index contributed by atoms with van der Waals surface area (Å²) in [6.45, 7) is 5.99. The van der Waals surface area contributed by atoms with Crippen LogP contribution in [0.4, 0.5) is 5.69 Å². The van der Waals surface area contributed by atoms with Gasteiger partial charge in [0.25, 0.3) is 0 Å². The van der Waals surface area contributed by atoms with Gasteiger partial charge >= 0.3 is 0 Å². The third kappa shape index (κ3) is 4.33. The van der Waals surface area contributed by atoms with E-state index in [1.54, 1.807) is 31.1 Å². The lowest BCUT2D eigenvalue weighted by atomic mass is 10.1. The van der Waals surface area contributed by atoms with Crippen LogP contribution in [0.25, 0.3) is 50.3 Å². The SMILES string of the molecule is Cc1cn(-c2ccnc3[nH]c(-c4n[nH]c5ncc(-c6cncc(NC(=O)CC(C)C)c6)cc45)cc23)cn1. The molecule has 184 valence electrons. The van der Waals surface area contributed by atoms with Crippen LogP contribution in [0.1, 0.15) is 26.0 Å². The maximum atomic E-state index is 12.2. The summed E-state index contributed by atoms with van der Waals surface area (Å²) in [5.74, 6) is 0.250. The molecule has 6 heterocycles. The Morgan fingerprint density at radius 3 is 2.70 bits per heavy atom. The van der Waals surface area contributed by atoms with E-state index in [1.807, 2.05) is 55.8 Å². The van der Waals surface area contributed by atoms with Crippen LogP contribution in [0.15, 0.2) is 61.6 Å². The highest BCUT2D eigenvalue weighted by molar-refractivity contribution is 5.97. The summed E-state index contributed by atoms with van der Waals surface area (Å²) in [5, 5.41) is 12.3. The first-order chi connectivity index (χ1) is 17.9. The van der Waals surface area contributed by atoms with Crippen LogP contribution in [-0.4, -0.2) is 45.6 Å². The molecule has 6 rings (SSSR count). The Morgan fingerprint density at radius 2 is 1.89 bits per heavy atom. The van der Waals surface area contributed by atoms with E-state index in [0.717, 1.165) is 50.3 Å².